The lowest BCUT2D eigenvalue weighted by Gasteiger charge is -2.22. The van der Waals surface area contributed by atoms with Crippen molar-refractivity contribution in [2.75, 3.05) is 13.7 Å². The van der Waals surface area contributed by atoms with Crippen molar-refractivity contribution >= 4 is 11.7 Å². The summed E-state index contributed by atoms with van der Waals surface area (Å²) < 4.78 is 16.1. The van der Waals surface area contributed by atoms with Gasteiger partial charge in [-0.25, -0.2) is 4.79 Å². The fourth-order valence-corrected chi connectivity index (χ4v) is 3.82. The van der Waals surface area contributed by atoms with Gasteiger partial charge >= 0.3 is 5.97 Å². The number of methoxy groups -OCH3 is 1. The van der Waals surface area contributed by atoms with Gasteiger partial charge in [0, 0.05) is 6.07 Å². The van der Waals surface area contributed by atoms with Gasteiger partial charge in [0.15, 0.2) is 11.5 Å². The Hall–Kier alpha value is -2.31. The molecule has 0 radical (unpaired) electrons. The van der Waals surface area contributed by atoms with E-state index in [9.17, 15) is 14.9 Å². The highest BCUT2D eigenvalue weighted by atomic mass is 16.6. The van der Waals surface area contributed by atoms with E-state index in [1.807, 2.05) is 0 Å². The Balaban J connectivity index is 1.87. The van der Waals surface area contributed by atoms with Gasteiger partial charge in [0.1, 0.15) is 11.7 Å². The summed E-state index contributed by atoms with van der Waals surface area (Å²) in [5, 5.41) is 11.3. The Labute approximate surface area is 140 Å². The number of benzene rings is 1. The van der Waals surface area contributed by atoms with E-state index >= 15 is 0 Å². The van der Waals surface area contributed by atoms with Crippen LogP contribution in [0.15, 0.2) is 12.1 Å². The van der Waals surface area contributed by atoms with Gasteiger partial charge in [-0.05, 0) is 44.4 Å². The van der Waals surface area contributed by atoms with Gasteiger partial charge < -0.3 is 14.2 Å². The van der Waals surface area contributed by atoms with E-state index in [-0.39, 0.29) is 28.9 Å². The van der Waals surface area contributed by atoms with Crippen LogP contribution in [-0.4, -0.2) is 30.7 Å². The average molecular weight is 335 g/mol. The fourth-order valence-electron chi connectivity index (χ4n) is 3.82. The van der Waals surface area contributed by atoms with E-state index in [0.717, 1.165) is 19.3 Å². The Kier molecular flexibility index (Phi) is 4.59. The molecule has 2 bridgehead atoms. The highest BCUT2D eigenvalue weighted by Gasteiger charge is 2.42. The number of esters is 1. The van der Waals surface area contributed by atoms with Crippen LogP contribution in [0.3, 0.4) is 0 Å². The molecule has 3 rings (SSSR count). The third kappa shape index (κ3) is 3.02. The minimum atomic E-state index is -0.666. The normalized spacial score (nSPS) is 24.7. The number of ether oxygens (including phenoxy) is 3. The second-order valence-corrected chi connectivity index (χ2v) is 6.33. The van der Waals surface area contributed by atoms with Gasteiger partial charge in [0.2, 0.25) is 0 Å². The van der Waals surface area contributed by atoms with Crippen molar-refractivity contribution in [2.45, 2.75) is 38.7 Å². The fraction of sp³-hybridized carbons (Fsp3) is 0.588. The van der Waals surface area contributed by atoms with Crippen LogP contribution >= 0.6 is 0 Å². The molecule has 0 aliphatic heterocycles. The molecule has 2 aliphatic rings. The molecule has 130 valence electrons. The van der Waals surface area contributed by atoms with E-state index in [0.29, 0.717) is 18.4 Å². The number of carbonyl (C=O) groups is 1. The third-order valence-electron chi connectivity index (χ3n) is 4.93. The smallest absolute Gasteiger partial charge is 0.345 e. The van der Waals surface area contributed by atoms with Crippen LogP contribution in [0.1, 0.15) is 43.0 Å². The van der Waals surface area contributed by atoms with E-state index in [4.69, 9.17) is 14.2 Å². The number of nitrogens with zero attached hydrogens (tertiary/aromatic N) is 1. The van der Waals surface area contributed by atoms with Crippen molar-refractivity contribution in [2.24, 2.45) is 11.8 Å². The summed E-state index contributed by atoms with van der Waals surface area (Å²) in [7, 11) is 1.43. The van der Waals surface area contributed by atoms with Gasteiger partial charge in [-0.15, -0.1) is 0 Å². The number of nitro groups is 1. The molecule has 24 heavy (non-hydrogen) atoms. The maximum absolute atomic E-state index is 12.5. The predicted octanol–water partition coefficient (Wildman–Crippen LogP) is 3.35. The van der Waals surface area contributed by atoms with Crippen LogP contribution in [0.4, 0.5) is 5.69 Å². The Morgan fingerprint density at radius 1 is 1.29 bits per heavy atom. The number of nitro benzene ring substituents is 1. The second kappa shape index (κ2) is 6.67. The Bertz CT molecular complexity index is 659. The molecule has 1 aromatic rings. The van der Waals surface area contributed by atoms with Gasteiger partial charge in [-0.3, -0.25) is 10.1 Å². The molecule has 2 fully saturated rings. The minimum absolute atomic E-state index is 0.0944. The number of hydrogen-bond acceptors (Lipinski definition) is 6. The van der Waals surface area contributed by atoms with Gasteiger partial charge in [-0.1, -0.05) is 0 Å². The first kappa shape index (κ1) is 16.5. The predicted molar refractivity (Wildman–Crippen MR) is 85.5 cm³/mol. The summed E-state index contributed by atoms with van der Waals surface area (Å²) in [4.78, 5) is 23.3. The van der Waals surface area contributed by atoms with E-state index in [2.05, 4.69) is 0 Å². The van der Waals surface area contributed by atoms with Crippen molar-refractivity contribution < 1.29 is 23.9 Å². The standard InChI is InChI=1S/C17H21NO6/c1-3-23-16-9-13(18(20)21)12(8-15(16)22-2)17(19)24-14-7-10-4-5-11(14)6-10/h8-11,14H,3-7H2,1-2H3. The summed E-state index contributed by atoms with van der Waals surface area (Å²) in [6.07, 6.45) is 4.08. The minimum Gasteiger partial charge on any atom is -0.493 e. The van der Waals surface area contributed by atoms with Gasteiger partial charge in [0.05, 0.1) is 24.7 Å². The molecular weight excluding hydrogens is 314 g/mol. The first-order valence-electron chi connectivity index (χ1n) is 8.23. The van der Waals surface area contributed by atoms with Crippen LogP contribution in [0.5, 0.6) is 11.5 Å². The molecule has 2 saturated carbocycles. The third-order valence-corrected chi connectivity index (χ3v) is 4.93. The molecule has 0 amide bonds. The topological polar surface area (TPSA) is 87.9 Å². The number of rotatable bonds is 6. The molecule has 2 aliphatic carbocycles. The van der Waals surface area contributed by atoms with Crippen LogP contribution in [0.25, 0.3) is 0 Å². The van der Waals surface area contributed by atoms with Crippen LogP contribution < -0.4 is 9.47 Å². The van der Waals surface area contributed by atoms with E-state index in [1.165, 1.54) is 25.7 Å². The van der Waals surface area contributed by atoms with Gasteiger partial charge in [-0.2, -0.15) is 0 Å². The first-order chi connectivity index (χ1) is 11.5. The number of carbonyl (C=O) groups excluding carboxylic acids is 1. The number of hydrogen-bond donors (Lipinski definition) is 0. The molecule has 0 aromatic heterocycles. The second-order valence-electron chi connectivity index (χ2n) is 6.33. The summed E-state index contributed by atoms with van der Waals surface area (Å²) in [6.45, 7) is 2.10. The maximum Gasteiger partial charge on any atom is 0.345 e. The molecule has 3 atom stereocenters. The van der Waals surface area contributed by atoms with Gasteiger partial charge in [0.25, 0.3) is 5.69 Å². The lowest BCUT2D eigenvalue weighted by atomic mass is 9.97. The summed E-state index contributed by atoms with van der Waals surface area (Å²) in [5.41, 5.74) is -0.421. The molecule has 0 saturated heterocycles. The van der Waals surface area contributed by atoms with Crippen molar-refractivity contribution in [1.82, 2.24) is 0 Å². The van der Waals surface area contributed by atoms with Crippen molar-refractivity contribution in [3.05, 3.63) is 27.8 Å². The van der Waals surface area contributed by atoms with Crippen LogP contribution in [-0.2, 0) is 4.74 Å². The zero-order valence-electron chi connectivity index (χ0n) is 13.8. The van der Waals surface area contributed by atoms with E-state index < -0.39 is 10.9 Å². The molecule has 7 heteroatoms. The summed E-state index contributed by atoms with van der Waals surface area (Å²) in [6, 6.07) is 2.55. The maximum atomic E-state index is 12.5. The van der Waals surface area contributed by atoms with Crippen molar-refractivity contribution in [1.29, 1.82) is 0 Å². The monoisotopic (exact) mass is 335 g/mol. The zero-order chi connectivity index (χ0) is 17.3. The highest BCUT2D eigenvalue weighted by Crippen LogP contribution is 2.46. The summed E-state index contributed by atoms with van der Waals surface area (Å²) >= 11 is 0. The number of fused-ring (bicyclic) bond motifs is 2. The summed E-state index contributed by atoms with van der Waals surface area (Å²) in [5.74, 6) is 0.867. The Morgan fingerprint density at radius 3 is 2.62 bits per heavy atom. The van der Waals surface area contributed by atoms with Crippen LogP contribution in [0, 0.1) is 22.0 Å². The average Bonchev–Trinajstić information content (AvgIpc) is 3.17. The molecule has 0 heterocycles. The first-order valence-corrected chi connectivity index (χ1v) is 8.23. The largest absolute Gasteiger partial charge is 0.493 e. The lowest BCUT2D eigenvalue weighted by molar-refractivity contribution is -0.385. The molecule has 0 spiro atoms. The molecule has 1 aromatic carbocycles. The van der Waals surface area contributed by atoms with Crippen molar-refractivity contribution in [3.63, 3.8) is 0 Å². The zero-order valence-corrected chi connectivity index (χ0v) is 13.8. The molecule has 7 nitrogen and oxygen atoms in total. The van der Waals surface area contributed by atoms with Crippen molar-refractivity contribution in [3.8, 4) is 11.5 Å². The molecular formula is C17H21NO6. The SMILES string of the molecule is CCOc1cc([N+](=O)[O-])c(C(=O)OC2CC3CCC2C3)cc1OC. The Morgan fingerprint density at radius 2 is 2.08 bits per heavy atom. The lowest BCUT2D eigenvalue weighted by Crippen LogP contribution is -2.24. The van der Waals surface area contributed by atoms with Crippen LogP contribution in [0.2, 0.25) is 0 Å². The quantitative estimate of drug-likeness (QED) is 0.450. The molecule has 0 N–H and O–H groups in total. The van der Waals surface area contributed by atoms with E-state index in [1.54, 1.807) is 6.92 Å². The molecule has 3 unspecified atom stereocenters. The highest BCUT2D eigenvalue weighted by molar-refractivity contribution is 5.95.